The van der Waals surface area contributed by atoms with Crippen LogP contribution in [0.2, 0.25) is 5.02 Å². The molecule has 1 atom stereocenters. The Balaban J connectivity index is 2.07. The van der Waals surface area contributed by atoms with E-state index in [4.69, 9.17) is 16.3 Å². The van der Waals surface area contributed by atoms with Crippen LogP contribution in [0.15, 0.2) is 82.2 Å². The molecule has 0 aliphatic rings. The fourth-order valence-corrected chi connectivity index (χ4v) is 6.10. The molecular weight excluding hydrogens is 642 g/mol. The van der Waals surface area contributed by atoms with E-state index in [0.29, 0.717) is 23.8 Å². The minimum Gasteiger partial charge on any atom is -0.494 e. The number of carbonyl (C=O) groups is 2. The largest absolute Gasteiger partial charge is 0.494 e. The Kier molecular flexibility index (Phi) is 11.5. The number of rotatable bonds is 12. The third kappa shape index (κ3) is 8.96. The first-order valence-corrected chi connectivity index (χ1v) is 16.2. The van der Waals surface area contributed by atoms with E-state index in [1.807, 2.05) is 34.6 Å². The average Bonchev–Trinajstić information content (AvgIpc) is 2.92. The Hall–Kier alpha value is -3.08. The number of benzene rings is 3. The lowest BCUT2D eigenvalue weighted by molar-refractivity contribution is -0.141. The maximum Gasteiger partial charge on any atom is 0.264 e. The van der Waals surface area contributed by atoms with Crippen LogP contribution in [0.4, 0.5) is 5.69 Å². The summed E-state index contributed by atoms with van der Waals surface area (Å²) in [6, 6.07) is 18.8. The van der Waals surface area contributed by atoms with Crippen LogP contribution in [0.3, 0.4) is 0 Å². The first kappa shape index (κ1) is 33.4. The standard InChI is InChI=1S/C31H37BrClN3O5S/c1-6-28(30(38)34-31(3,4)5)35(20-22-8-12-24(33)13-9-22)29(37)21-36(25-14-16-26(17-15-25)41-7-2)42(39,40)27-18-10-23(32)11-19-27/h8-19,28H,6-7,20-21H2,1-5H3,(H,34,38)/t28-/m0/s1. The first-order valence-electron chi connectivity index (χ1n) is 13.6. The van der Waals surface area contributed by atoms with Crippen molar-refractivity contribution in [3.8, 4) is 5.75 Å². The molecule has 0 aliphatic carbocycles. The molecule has 11 heteroatoms. The summed E-state index contributed by atoms with van der Waals surface area (Å²) in [7, 11) is -4.18. The Morgan fingerprint density at radius 1 is 0.952 bits per heavy atom. The van der Waals surface area contributed by atoms with Crippen molar-refractivity contribution < 1.29 is 22.7 Å². The number of nitrogens with one attached hydrogen (secondary N) is 1. The highest BCUT2D eigenvalue weighted by atomic mass is 79.9. The molecule has 0 spiro atoms. The number of amides is 2. The molecule has 42 heavy (non-hydrogen) atoms. The summed E-state index contributed by atoms with van der Waals surface area (Å²) in [5.74, 6) is -0.283. The van der Waals surface area contributed by atoms with Gasteiger partial charge in [0.25, 0.3) is 10.0 Å². The molecule has 0 heterocycles. The molecule has 3 rings (SSSR count). The van der Waals surface area contributed by atoms with Crippen molar-refractivity contribution in [3.63, 3.8) is 0 Å². The number of anilines is 1. The summed E-state index contributed by atoms with van der Waals surface area (Å²) in [4.78, 5) is 29.0. The van der Waals surface area contributed by atoms with E-state index in [0.717, 1.165) is 14.3 Å². The maximum atomic E-state index is 14.2. The molecule has 3 aromatic rings. The van der Waals surface area contributed by atoms with Gasteiger partial charge in [-0.1, -0.05) is 46.6 Å². The number of hydrogen-bond acceptors (Lipinski definition) is 5. The number of carbonyl (C=O) groups excluding carboxylic acids is 2. The Labute approximate surface area is 262 Å². The highest BCUT2D eigenvalue weighted by molar-refractivity contribution is 9.10. The average molecular weight is 679 g/mol. The van der Waals surface area contributed by atoms with Crippen LogP contribution in [0.1, 0.15) is 46.6 Å². The van der Waals surface area contributed by atoms with E-state index in [1.165, 1.54) is 17.0 Å². The number of hydrogen-bond donors (Lipinski definition) is 1. The van der Waals surface area contributed by atoms with Crippen molar-refractivity contribution >= 4 is 55.1 Å². The van der Waals surface area contributed by atoms with Crippen molar-refractivity contribution in [1.82, 2.24) is 10.2 Å². The van der Waals surface area contributed by atoms with Gasteiger partial charge in [-0.2, -0.15) is 0 Å². The molecule has 1 N–H and O–H groups in total. The zero-order chi connectivity index (χ0) is 31.1. The van der Waals surface area contributed by atoms with E-state index < -0.39 is 34.1 Å². The van der Waals surface area contributed by atoms with Crippen molar-refractivity contribution in [2.45, 2.75) is 64.1 Å². The number of nitrogens with zero attached hydrogens (tertiary/aromatic N) is 2. The summed E-state index contributed by atoms with van der Waals surface area (Å²) in [6.45, 7) is 9.27. The molecule has 226 valence electrons. The van der Waals surface area contributed by atoms with E-state index in [1.54, 1.807) is 60.7 Å². The summed E-state index contributed by atoms with van der Waals surface area (Å²) in [5, 5.41) is 3.50. The smallest absolute Gasteiger partial charge is 0.264 e. The van der Waals surface area contributed by atoms with Gasteiger partial charge in [-0.3, -0.25) is 13.9 Å². The third-order valence-corrected chi connectivity index (χ3v) is 8.84. The Bertz CT molecular complexity index is 1460. The van der Waals surface area contributed by atoms with E-state index in [9.17, 15) is 18.0 Å². The zero-order valence-electron chi connectivity index (χ0n) is 24.4. The van der Waals surface area contributed by atoms with Crippen molar-refractivity contribution in [3.05, 3.63) is 87.9 Å². The molecular formula is C31H37BrClN3O5S. The van der Waals surface area contributed by atoms with Gasteiger partial charge in [0.15, 0.2) is 0 Å². The molecule has 2 amide bonds. The molecule has 0 aliphatic heterocycles. The molecule has 0 saturated heterocycles. The van der Waals surface area contributed by atoms with Gasteiger partial charge in [0, 0.05) is 21.6 Å². The molecule has 0 radical (unpaired) electrons. The Morgan fingerprint density at radius 3 is 2.07 bits per heavy atom. The molecule has 0 bridgehead atoms. The fourth-order valence-electron chi connectivity index (χ4n) is 4.30. The minimum atomic E-state index is -4.18. The summed E-state index contributed by atoms with van der Waals surface area (Å²) in [6.07, 6.45) is 0.323. The van der Waals surface area contributed by atoms with Gasteiger partial charge < -0.3 is 15.0 Å². The second-order valence-corrected chi connectivity index (χ2v) is 13.9. The van der Waals surface area contributed by atoms with Crippen LogP contribution in [0.25, 0.3) is 0 Å². The maximum absolute atomic E-state index is 14.2. The predicted molar refractivity (Wildman–Crippen MR) is 170 cm³/mol. The van der Waals surface area contributed by atoms with E-state index >= 15 is 0 Å². The highest BCUT2D eigenvalue weighted by Gasteiger charge is 2.34. The summed E-state index contributed by atoms with van der Waals surface area (Å²) >= 11 is 9.42. The van der Waals surface area contributed by atoms with Gasteiger partial charge in [-0.25, -0.2) is 8.42 Å². The van der Waals surface area contributed by atoms with Gasteiger partial charge in [-0.05, 0) is 100 Å². The predicted octanol–water partition coefficient (Wildman–Crippen LogP) is 6.42. The van der Waals surface area contributed by atoms with E-state index in [2.05, 4.69) is 21.2 Å². The Morgan fingerprint density at radius 2 is 1.55 bits per heavy atom. The topological polar surface area (TPSA) is 96.0 Å². The zero-order valence-corrected chi connectivity index (χ0v) is 27.6. The van der Waals surface area contributed by atoms with Crippen LogP contribution in [0, 0.1) is 0 Å². The first-order chi connectivity index (χ1) is 19.7. The fraction of sp³-hybridized carbons (Fsp3) is 0.355. The molecule has 3 aromatic carbocycles. The van der Waals surface area contributed by atoms with Crippen LogP contribution in [0.5, 0.6) is 5.75 Å². The summed E-state index contributed by atoms with van der Waals surface area (Å²) in [5.41, 5.74) is 0.505. The van der Waals surface area contributed by atoms with E-state index in [-0.39, 0.29) is 23.0 Å². The van der Waals surface area contributed by atoms with Gasteiger partial charge >= 0.3 is 0 Å². The molecule has 0 saturated carbocycles. The third-order valence-electron chi connectivity index (χ3n) is 6.27. The van der Waals surface area contributed by atoms with Crippen LogP contribution in [-0.2, 0) is 26.2 Å². The van der Waals surface area contributed by atoms with Gasteiger partial charge in [0.2, 0.25) is 11.8 Å². The lowest BCUT2D eigenvalue weighted by Gasteiger charge is -2.34. The van der Waals surface area contributed by atoms with Crippen molar-refractivity contribution in [2.75, 3.05) is 17.5 Å². The number of halogens is 2. The highest BCUT2D eigenvalue weighted by Crippen LogP contribution is 2.28. The lowest BCUT2D eigenvalue weighted by Crippen LogP contribution is -2.55. The van der Waals surface area contributed by atoms with Crippen molar-refractivity contribution in [1.29, 1.82) is 0 Å². The monoisotopic (exact) mass is 677 g/mol. The van der Waals surface area contributed by atoms with Gasteiger partial charge in [-0.15, -0.1) is 0 Å². The van der Waals surface area contributed by atoms with Crippen LogP contribution in [-0.4, -0.2) is 49.9 Å². The van der Waals surface area contributed by atoms with Gasteiger partial charge in [0.1, 0.15) is 18.3 Å². The van der Waals surface area contributed by atoms with Crippen molar-refractivity contribution in [2.24, 2.45) is 0 Å². The molecule has 0 unspecified atom stereocenters. The van der Waals surface area contributed by atoms with Crippen LogP contribution >= 0.6 is 27.5 Å². The van der Waals surface area contributed by atoms with Crippen LogP contribution < -0.4 is 14.4 Å². The normalized spacial score (nSPS) is 12.4. The second-order valence-electron chi connectivity index (χ2n) is 10.7. The quantitative estimate of drug-likeness (QED) is 0.239. The second kappa shape index (κ2) is 14.4. The van der Waals surface area contributed by atoms with Gasteiger partial charge in [0.05, 0.1) is 17.2 Å². The molecule has 0 aromatic heterocycles. The molecule has 0 fully saturated rings. The minimum absolute atomic E-state index is 0.0224. The summed E-state index contributed by atoms with van der Waals surface area (Å²) < 4.78 is 35.3. The number of sulfonamides is 1. The number of ether oxygens (including phenoxy) is 1. The SMILES string of the molecule is CCOc1ccc(N(CC(=O)N(Cc2ccc(Cl)cc2)[C@@H](CC)C(=O)NC(C)(C)C)S(=O)(=O)c2ccc(Br)cc2)cc1. The molecule has 8 nitrogen and oxygen atoms in total. The lowest BCUT2D eigenvalue weighted by atomic mass is 10.1.